The summed E-state index contributed by atoms with van der Waals surface area (Å²) in [6.07, 6.45) is 7.61. The van der Waals surface area contributed by atoms with E-state index in [0.717, 1.165) is 80.9 Å². The van der Waals surface area contributed by atoms with Gasteiger partial charge >= 0.3 is 0 Å². The Hall–Kier alpha value is -2.09. The van der Waals surface area contributed by atoms with Gasteiger partial charge in [0, 0.05) is 29.6 Å². The molecule has 4 rings (SSSR count). The van der Waals surface area contributed by atoms with Gasteiger partial charge in [0.2, 0.25) is 0 Å². The van der Waals surface area contributed by atoms with Gasteiger partial charge in [-0.25, -0.2) is 4.21 Å². The predicted octanol–water partition coefficient (Wildman–Crippen LogP) is 8.71. The number of aliphatic hydroxyl groups excluding tert-OH is 1. The number of halogens is 1. The summed E-state index contributed by atoms with van der Waals surface area (Å²) in [7, 11) is -1.51. The Balaban J connectivity index is 0.00000271. The van der Waals surface area contributed by atoms with Crippen LogP contribution in [0.5, 0.6) is 5.75 Å². The summed E-state index contributed by atoms with van der Waals surface area (Å²) in [6, 6.07) is 11.8. The van der Waals surface area contributed by atoms with Gasteiger partial charge in [0.25, 0.3) is 5.91 Å². The van der Waals surface area contributed by atoms with E-state index in [4.69, 9.17) is 16.3 Å². The molecule has 0 saturated carbocycles. The summed E-state index contributed by atoms with van der Waals surface area (Å²) in [5.74, 6) is 1.44. The monoisotopic (exact) mass is 660 g/mol. The maximum Gasteiger partial charge on any atom is 0.263 e. The molecule has 252 valence electrons. The number of amides is 1. The van der Waals surface area contributed by atoms with E-state index in [-0.39, 0.29) is 35.0 Å². The number of benzene rings is 2. The van der Waals surface area contributed by atoms with Crippen molar-refractivity contribution in [1.82, 2.24) is 4.72 Å². The van der Waals surface area contributed by atoms with Gasteiger partial charge in [0.05, 0.1) is 23.6 Å². The molecule has 7 atom stereocenters. The van der Waals surface area contributed by atoms with Crippen LogP contribution in [0.25, 0.3) is 0 Å². The van der Waals surface area contributed by atoms with Crippen LogP contribution in [0.1, 0.15) is 121 Å². The summed E-state index contributed by atoms with van der Waals surface area (Å²) < 4.78 is 22.4. The van der Waals surface area contributed by atoms with Crippen LogP contribution in [0, 0.1) is 17.8 Å². The molecule has 0 aromatic heterocycles. The third kappa shape index (κ3) is 10.2. The SMILES string of the molecule is CC.CCCc1cc(Cl)ccc1C1COc2ccc3cc2N(CCCCC(C)C([C@@H](C)O)CCCC(C)C(C)S(=O)NC3=O)C1. The number of fused-ring (bicyclic) bond motifs is 1. The minimum Gasteiger partial charge on any atom is -0.491 e. The molecule has 2 N–H and O–H groups in total. The maximum atomic E-state index is 13.3. The molecule has 0 radical (unpaired) electrons. The topological polar surface area (TPSA) is 78.9 Å². The first kappa shape index (κ1) is 37.4. The molecule has 0 aliphatic carbocycles. The van der Waals surface area contributed by atoms with E-state index in [1.165, 1.54) is 11.1 Å². The van der Waals surface area contributed by atoms with Crippen LogP contribution in [-0.2, 0) is 17.4 Å². The van der Waals surface area contributed by atoms with Gasteiger partial charge in [-0.3, -0.25) is 9.52 Å². The molecule has 2 heterocycles. The first-order valence-corrected chi connectivity index (χ1v) is 18.9. The van der Waals surface area contributed by atoms with Gasteiger partial charge in [0.15, 0.2) is 0 Å². The van der Waals surface area contributed by atoms with Crippen molar-refractivity contribution in [2.45, 2.75) is 117 Å². The van der Waals surface area contributed by atoms with Crippen LogP contribution in [0.15, 0.2) is 36.4 Å². The lowest BCUT2D eigenvalue weighted by atomic mass is 9.81. The maximum absolute atomic E-state index is 13.3. The smallest absolute Gasteiger partial charge is 0.263 e. The highest BCUT2D eigenvalue weighted by Crippen LogP contribution is 2.37. The van der Waals surface area contributed by atoms with E-state index in [0.29, 0.717) is 18.1 Å². The molecule has 45 heavy (non-hydrogen) atoms. The van der Waals surface area contributed by atoms with E-state index in [2.05, 4.69) is 42.5 Å². The quantitative estimate of drug-likeness (QED) is 0.343. The number of ether oxygens (including phenoxy) is 1. The van der Waals surface area contributed by atoms with Gasteiger partial charge in [-0.05, 0) is 98.7 Å². The molecule has 0 saturated heterocycles. The van der Waals surface area contributed by atoms with Crippen LogP contribution in [-0.4, -0.2) is 46.3 Å². The number of hydrogen-bond donors (Lipinski definition) is 2. The second-order valence-electron chi connectivity index (χ2n) is 12.9. The Morgan fingerprint density at radius 3 is 2.49 bits per heavy atom. The van der Waals surface area contributed by atoms with Crippen LogP contribution in [0.2, 0.25) is 5.02 Å². The summed E-state index contributed by atoms with van der Waals surface area (Å²) in [5, 5.41) is 11.2. The first-order valence-electron chi connectivity index (χ1n) is 17.3. The third-order valence-electron chi connectivity index (χ3n) is 9.72. The van der Waals surface area contributed by atoms with Crippen molar-refractivity contribution in [3.8, 4) is 5.75 Å². The van der Waals surface area contributed by atoms with Gasteiger partial charge in [-0.2, -0.15) is 0 Å². The molecule has 2 aliphatic heterocycles. The zero-order valence-corrected chi connectivity index (χ0v) is 30.2. The predicted molar refractivity (Wildman–Crippen MR) is 190 cm³/mol. The molecular formula is C37H57ClN2O4S. The molecule has 2 aromatic carbocycles. The minimum absolute atomic E-state index is 0.148. The molecule has 2 aromatic rings. The van der Waals surface area contributed by atoms with E-state index < -0.39 is 11.0 Å². The van der Waals surface area contributed by atoms with Crippen molar-refractivity contribution in [2.24, 2.45) is 17.8 Å². The normalized spacial score (nSPS) is 27.4. The molecule has 8 heteroatoms. The Morgan fingerprint density at radius 2 is 1.78 bits per heavy atom. The molecule has 2 aliphatic rings. The van der Waals surface area contributed by atoms with Crippen LogP contribution in [0.3, 0.4) is 0 Å². The zero-order valence-electron chi connectivity index (χ0n) is 28.6. The van der Waals surface area contributed by atoms with Gasteiger partial charge < -0.3 is 14.7 Å². The van der Waals surface area contributed by atoms with Crippen molar-refractivity contribution in [2.75, 3.05) is 24.6 Å². The average Bonchev–Trinajstić information content (AvgIpc) is 3.20. The summed E-state index contributed by atoms with van der Waals surface area (Å²) in [6.45, 7) is 16.6. The van der Waals surface area contributed by atoms with Crippen molar-refractivity contribution >= 4 is 34.2 Å². The van der Waals surface area contributed by atoms with Gasteiger partial charge in [0.1, 0.15) is 16.7 Å². The van der Waals surface area contributed by atoms with E-state index in [1.807, 2.05) is 45.9 Å². The molecule has 6 nitrogen and oxygen atoms in total. The third-order valence-corrected chi connectivity index (χ3v) is 11.5. The average molecular weight is 661 g/mol. The number of anilines is 1. The number of hydrogen-bond acceptors (Lipinski definition) is 5. The number of nitrogens with one attached hydrogen (secondary N) is 1. The summed E-state index contributed by atoms with van der Waals surface area (Å²) in [4.78, 5) is 15.7. The number of carbonyl (C=O) groups is 1. The summed E-state index contributed by atoms with van der Waals surface area (Å²) in [5.41, 5.74) is 3.93. The van der Waals surface area contributed by atoms with E-state index in [1.54, 1.807) is 6.07 Å². The van der Waals surface area contributed by atoms with Crippen LogP contribution >= 0.6 is 11.6 Å². The summed E-state index contributed by atoms with van der Waals surface area (Å²) >= 11 is 6.39. The number of nitrogens with zero attached hydrogens (tertiary/aromatic N) is 1. The molecule has 2 bridgehead atoms. The van der Waals surface area contributed by atoms with Gasteiger partial charge in [-0.1, -0.05) is 78.0 Å². The zero-order chi connectivity index (χ0) is 33.1. The van der Waals surface area contributed by atoms with Crippen molar-refractivity contribution in [3.05, 3.63) is 58.1 Å². The lowest BCUT2D eigenvalue weighted by molar-refractivity contribution is 0.0803. The number of aryl methyl sites for hydroxylation is 1. The number of aliphatic hydroxyl groups is 1. The molecule has 0 spiro atoms. The molecule has 1 amide bonds. The van der Waals surface area contributed by atoms with Crippen LogP contribution < -0.4 is 14.4 Å². The Morgan fingerprint density at radius 1 is 1.04 bits per heavy atom. The molecular weight excluding hydrogens is 604 g/mol. The van der Waals surface area contributed by atoms with Gasteiger partial charge in [-0.15, -0.1) is 0 Å². The Bertz CT molecular complexity index is 1250. The largest absolute Gasteiger partial charge is 0.491 e. The molecule has 0 fully saturated rings. The van der Waals surface area contributed by atoms with Crippen molar-refractivity contribution in [3.63, 3.8) is 0 Å². The second-order valence-corrected chi connectivity index (χ2v) is 14.9. The van der Waals surface area contributed by atoms with Crippen LogP contribution in [0.4, 0.5) is 5.69 Å². The standard InChI is InChI=1S/C35H51ClN2O4S.C2H6/c1-6-10-27-19-30(36)15-16-32(27)29-21-38-18-8-7-11-24(3)31(25(4)39)13-9-12-23(2)26(5)43(41)37-35(40)28-14-17-34(42-22-29)33(38)20-28;1-2/h14-17,19-20,23-26,29,31,39H,6-13,18,21-22H2,1-5H3,(H,37,40);1-2H3/t23?,24?,25-,26?,29?,31?,43?;/m1./s1. The van der Waals surface area contributed by atoms with Crippen molar-refractivity contribution < 1.29 is 18.8 Å². The van der Waals surface area contributed by atoms with E-state index >= 15 is 0 Å². The number of carbonyl (C=O) groups excluding carboxylic acids is 1. The fourth-order valence-electron chi connectivity index (χ4n) is 6.84. The highest BCUT2D eigenvalue weighted by Gasteiger charge is 2.29. The van der Waals surface area contributed by atoms with E-state index in [9.17, 15) is 14.1 Å². The first-order chi connectivity index (χ1) is 21.6. The Labute approximate surface area is 280 Å². The second kappa shape index (κ2) is 18.3. The fraction of sp³-hybridized carbons (Fsp3) is 0.649. The molecule has 6 unspecified atom stereocenters. The number of rotatable bonds is 4. The fourth-order valence-corrected chi connectivity index (χ4v) is 8.08. The lowest BCUT2D eigenvalue weighted by Crippen LogP contribution is -2.35. The minimum atomic E-state index is -1.51. The van der Waals surface area contributed by atoms with Crippen molar-refractivity contribution in [1.29, 1.82) is 0 Å². The highest BCUT2D eigenvalue weighted by molar-refractivity contribution is 7.84. The lowest BCUT2D eigenvalue weighted by Gasteiger charge is -2.30. The Kier molecular flexibility index (Phi) is 15.2. The highest BCUT2D eigenvalue weighted by atomic mass is 35.5.